The Bertz CT molecular complexity index is 872. The minimum Gasteiger partial charge on any atom is -0.447 e. The summed E-state index contributed by atoms with van der Waals surface area (Å²) in [6.45, 7) is 3.96. The van der Waals surface area contributed by atoms with Crippen molar-refractivity contribution < 1.29 is 23.9 Å². The number of amides is 3. The van der Waals surface area contributed by atoms with Crippen molar-refractivity contribution in [3.8, 4) is 0 Å². The molecule has 1 unspecified atom stereocenters. The molecule has 1 aliphatic heterocycles. The van der Waals surface area contributed by atoms with Crippen LogP contribution < -0.4 is 5.32 Å². The van der Waals surface area contributed by atoms with Crippen molar-refractivity contribution in [2.45, 2.75) is 116 Å². The molecule has 1 atom stereocenters. The molecule has 1 aliphatic rings. The summed E-state index contributed by atoms with van der Waals surface area (Å²) < 4.78 is 11.3. The molecule has 1 heterocycles. The predicted octanol–water partition coefficient (Wildman–Crippen LogP) is 7.22. The zero-order valence-corrected chi connectivity index (χ0v) is 26.7. The number of hydrogen-bond donors (Lipinski definition) is 1. The van der Waals surface area contributed by atoms with E-state index in [0.29, 0.717) is 30.8 Å². The number of fused-ring (bicyclic) bond motifs is 1. The Labute approximate surface area is 254 Å². The first kappa shape index (κ1) is 35.7. The third-order valence-electron chi connectivity index (χ3n) is 7.88. The number of ether oxygens (including phenoxy) is 2. The van der Waals surface area contributed by atoms with Crippen molar-refractivity contribution in [2.75, 3.05) is 47.0 Å². The highest BCUT2D eigenvalue weighted by Gasteiger charge is 2.40. The van der Waals surface area contributed by atoms with Gasteiger partial charge in [-0.2, -0.15) is 0 Å². The van der Waals surface area contributed by atoms with Crippen LogP contribution in [0.25, 0.3) is 0 Å². The van der Waals surface area contributed by atoms with Gasteiger partial charge in [-0.25, -0.2) is 4.79 Å². The van der Waals surface area contributed by atoms with E-state index >= 15 is 0 Å². The maximum absolute atomic E-state index is 13.0. The molecule has 1 aromatic rings. The van der Waals surface area contributed by atoms with Crippen LogP contribution in [0.15, 0.2) is 24.3 Å². The Kier molecular flexibility index (Phi) is 18.8. The quantitative estimate of drug-likeness (QED) is 0.0960. The van der Waals surface area contributed by atoms with E-state index in [4.69, 9.17) is 9.47 Å². The average Bonchev–Trinajstić information content (AvgIpc) is 3.23. The standard InChI is InChI=1S/C34H57N3O5/c1-4-5-6-7-8-9-10-11-12-13-14-15-16-17-18-21-26-41-27-29(28-42-34(40)35-24-25-36(2)3)37-32(38)30-22-19-20-23-31(30)33(37)39/h19-20,22-23,29H,4-18,21,24-28H2,1-3H3,(H,35,40). The van der Waals surface area contributed by atoms with Crippen LogP contribution in [0, 0.1) is 0 Å². The average molecular weight is 588 g/mol. The first-order chi connectivity index (χ1) is 20.5. The fraction of sp³-hybridized carbons (Fsp3) is 0.735. The van der Waals surface area contributed by atoms with Crippen molar-refractivity contribution in [3.05, 3.63) is 35.4 Å². The van der Waals surface area contributed by atoms with Crippen LogP contribution in [-0.2, 0) is 9.47 Å². The van der Waals surface area contributed by atoms with E-state index < -0.39 is 12.1 Å². The van der Waals surface area contributed by atoms with E-state index in [0.717, 1.165) is 12.8 Å². The fourth-order valence-electron chi connectivity index (χ4n) is 5.31. The molecule has 0 fully saturated rings. The Morgan fingerprint density at radius 3 is 1.71 bits per heavy atom. The van der Waals surface area contributed by atoms with E-state index in [-0.39, 0.29) is 25.0 Å². The van der Waals surface area contributed by atoms with Crippen molar-refractivity contribution in [1.29, 1.82) is 0 Å². The third-order valence-corrected chi connectivity index (χ3v) is 7.88. The van der Waals surface area contributed by atoms with Gasteiger partial charge in [0.15, 0.2) is 0 Å². The molecule has 3 amide bonds. The molecule has 1 aromatic carbocycles. The van der Waals surface area contributed by atoms with Crippen LogP contribution in [-0.4, -0.2) is 80.8 Å². The minimum atomic E-state index is -0.682. The van der Waals surface area contributed by atoms with E-state index in [2.05, 4.69) is 12.2 Å². The second-order valence-corrected chi connectivity index (χ2v) is 11.9. The van der Waals surface area contributed by atoms with Crippen LogP contribution in [0.1, 0.15) is 130 Å². The Morgan fingerprint density at radius 1 is 0.762 bits per heavy atom. The molecule has 0 aliphatic carbocycles. The maximum Gasteiger partial charge on any atom is 0.407 e. The smallest absolute Gasteiger partial charge is 0.407 e. The number of rotatable bonds is 25. The van der Waals surface area contributed by atoms with Crippen LogP contribution in [0.3, 0.4) is 0 Å². The highest BCUT2D eigenvalue weighted by molar-refractivity contribution is 6.21. The number of nitrogens with zero attached hydrogens (tertiary/aromatic N) is 2. The normalized spacial score (nSPS) is 13.6. The molecule has 0 saturated heterocycles. The molecule has 238 valence electrons. The fourth-order valence-corrected chi connectivity index (χ4v) is 5.31. The molecule has 0 aromatic heterocycles. The summed E-state index contributed by atoms with van der Waals surface area (Å²) in [7, 11) is 3.84. The lowest BCUT2D eigenvalue weighted by atomic mass is 10.0. The monoisotopic (exact) mass is 587 g/mol. The molecule has 0 saturated carbocycles. The molecule has 0 spiro atoms. The highest BCUT2D eigenvalue weighted by Crippen LogP contribution is 2.25. The second kappa shape index (κ2) is 22.1. The Hall–Kier alpha value is -2.45. The van der Waals surface area contributed by atoms with Gasteiger partial charge in [0, 0.05) is 19.7 Å². The highest BCUT2D eigenvalue weighted by atomic mass is 16.6. The summed E-state index contributed by atoms with van der Waals surface area (Å²) in [5.41, 5.74) is 0.751. The first-order valence-corrected chi connectivity index (χ1v) is 16.6. The molecule has 42 heavy (non-hydrogen) atoms. The zero-order chi connectivity index (χ0) is 30.4. The van der Waals surface area contributed by atoms with Gasteiger partial charge >= 0.3 is 6.09 Å². The van der Waals surface area contributed by atoms with E-state index in [1.54, 1.807) is 24.3 Å². The van der Waals surface area contributed by atoms with Gasteiger partial charge in [-0.05, 0) is 32.6 Å². The summed E-state index contributed by atoms with van der Waals surface area (Å²) >= 11 is 0. The van der Waals surface area contributed by atoms with Crippen LogP contribution in [0.2, 0.25) is 0 Å². The summed E-state index contributed by atoms with van der Waals surface area (Å²) in [6, 6.07) is 6.10. The van der Waals surface area contributed by atoms with Crippen molar-refractivity contribution >= 4 is 17.9 Å². The number of likely N-dealkylation sites (N-methyl/N-ethyl adjacent to an activating group) is 1. The van der Waals surface area contributed by atoms with E-state index in [1.165, 1.54) is 94.8 Å². The Morgan fingerprint density at radius 2 is 1.24 bits per heavy atom. The van der Waals surface area contributed by atoms with Crippen LogP contribution in [0.4, 0.5) is 4.79 Å². The first-order valence-electron chi connectivity index (χ1n) is 16.6. The van der Waals surface area contributed by atoms with E-state index in [1.807, 2.05) is 19.0 Å². The molecular formula is C34H57N3O5. The summed E-state index contributed by atoms with van der Waals surface area (Å²) in [5.74, 6) is -0.744. The molecule has 1 N–H and O–H groups in total. The summed E-state index contributed by atoms with van der Waals surface area (Å²) in [6.07, 6.45) is 20.4. The molecule has 8 heteroatoms. The van der Waals surface area contributed by atoms with Gasteiger partial charge in [0.1, 0.15) is 6.61 Å². The number of alkyl carbamates (subject to hydrolysis) is 1. The number of unbranched alkanes of at least 4 members (excludes halogenated alkanes) is 15. The van der Waals surface area contributed by atoms with Gasteiger partial charge in [0.05, 0.1) is 23.8 Å². The molecule has 0 radical (unpaired) electrons. The van der Waals surface area contributed by atoms with Crippen LogP contribution in [0.5, 0.6) is 0 Å². The number of benzene rings is 1. The van der Waals surface area contributed by atoms with Gasteiger partial charge in [0.25, 0.3) is 11.8 Å². The molecule has 0 bridgehead atoms. The lowest BCUT2D eigenvalue weighted by molar-refractivity contribution is 0.0215. The number of imide groups is 1. The summed E-state index contributed by atoms with van der Waals surface area (Å²) in [5, 5.41) is 2.69. The largest absolute Gasteiger partial charge is 0.447 e. The van der Waals surface area contributed by atoms with E-state index in [9.17, 15) is 14.4 Å². The minimum absolute atomic E-state index is 0.113. The van der Waals surface area contributed by atoms with Crippen molar-refractivity contribution in [1.82, 2.24) is 15.1 Å². The zero-order valence-electron chi connectivity index (χ0n) is 26.7. The van der Waals surface area contributed by atoms with Gasteiger partial charge in [-0.15, -0.1) is 0 Å². The Balaban J connectivity index is 1.60. The number of carbonyl (C=O) groups excluding carboxylic acids is 3. The summed E-state index contributed by atoms with van der Waals surface area (Å²) in [4.78, 5) is 41.4. The topological polar surface area (TPSA) is 88.2 Å². The second-order valence-electron chi connectivity index (χ2n) is 11.9. The van der Waals surface area contributed by atoms with Crippen molar-refractivity contribution in [2.24, 2.45) is 0 Å². The molecular weight excluding hydrogens is 530 g/mol. The number of hydrogen-bond acceptors (Lipinski definition) is 6. The lowest BCUT2D eigenvalue weighted by Crippen LogP contribution is -2.46. The van der Waals surface area contributed by atoms with Gasteiger partial charge < -0.3 is 19.7 Å². The molecule has 8 nitrogen and oxygen atoms in total. The lowest BCUT2D eigenvalue weighted by Gasteiger charge is -2.26. The predicted molar refractivity (Wildman–Crippen MR) is 169 cm³/mol. The number of carbonyl (C=O) groups is 3. The van der Waals surface area contributed by atoms with Gasteiger partial charge in [-0.1, -0.05) is 115 Å². The molecule has 2 rings (SSSR count). The van der Waals surface area contributed by atoms with Gasteiger partial charge in [0.2, 0.25) is 0 Å². The van der Waals surface area contributed by atoms with Gasteiger partial charge in [-0.3, -0.25) is 14.5 Å². The van der Waals surface area contributed by atoms with Crippen molar-refractivity contribution in [3.63, 3.8) is 0 Å². The maximum atomic E-state index is 13.0. The van der Waals surface area contributed by atoms with Crippen LogP contribution >= 0.6 is 0 Å². The number of nitrogens with one attached hydrogen (secondary N) is 1. The SMILES string of the molecule is CCCCCCCCCCCCCCCCCCOCC(COC(=O)NCCN(C)C)N1C(=O)c2ccccc2C1=O. The third kappa shape index (κ3) is 14.1.